The monoisotopic (exact) mass is 421 g/mol. The third-order valence-electron chi connectivity index (χ3n) is 4.28. The quantitative estimate of drug-likeness (QED) is 0.451. The maximum absolute atomic E-state index is 12.8. The maximum Gasteiger partial charge on any atom is 0.272 e. The van der Waals surface area contributed by atoms with E-state index in [0.29, 0.717) is 26.9 Å². The van der Waals surface area contributed by atoms with Crippen LogP contribution in [0.25, 0.3) is 10.2 Å². The van der Waals surface area contributed by atoms with Gasteiger partial charge in [0.05, 0.1) is 11.3 Å². The van der Waals surface area contributed by atoms with Crippen molar-refractivity contribution >= 4 is 50.8 Å². The molecule has 0 unspecified atom stereocenters. The van der Waals surface area contributed by atoms with Gasteiger partial charge in [0.15, 0.2) is 5.16 Å². The van der Waals surface area contributed by atoms with Crippen LogP contribution in [0.1, 0.15) is 31.9 Å². The number of carbonyl (C=O) groups excluding carboxylic acids is 1. The Bertz CT molecular complexity index is 1020. The standard InChI is InChI=1S/C19H20ClN3O2S2/c1-3-12(2)23-18(25)17-15(8-9-26-17)22-19(23)27-11-16(24)21-10-13-6-4-5-7-14(13)20/h4-9,12H,3,10-11H2,1-2H3,(H,21,24)/t12-/m0/s1. The summed E-state index contributed by atoms with van der Waals surface area (Å²) in [5.74, 6) is 0.0541. The number of thiophene rings is 1. The van der Waals surface area contributed by atoms with Crippen LogP contribution in [0.3, 0.4) is 0 Å². The summed E-state index contributed by atoms with van der Waals surface area (Å²) in [6.45, 7) is 4.39. The van der Waals surface area contributed by atoms with Gasteiger partial charge in [0.1, 0.15) is 4.70 Å². The third kappa shape index (κ3) is 4.54. The summed E-state index contributed by atoms with van der Waals surface area (Å²) in [5.41, 5.74) is 1.51. The minimum absolute atomic E-state index is 0.0187. The van der Waals surface area contributed by atoms with E-state index in [9.17, 15) is 9.59 Å². The Morgan fingerprint density at radius 1 is 1.37 bits per heavy atom. The van der Waals surface area contributed by atoms with Gasteiger partial charge in [-0.05, 0) is 36.4 Å². The van der Waals surface area contributed by atoms with E-state index in [-0.39, 0.29) is 23.3 Å². The maximum atomic E-state index is 12.8. The van der Waals surface area contributed by atoms with Crippen molar-refractivity contribution in [2.24, 2.45) is 0 Å². The van der Waals surface area contributed by atoms with E-state index < -0.39 is 0 Å². The third-order valence-corrected chi connectivity index (χ3v) is 6.49. The number of amides is 1. The van der Waals surface area contributed by atoms with Crippen molar-refractivity contribution in [2.45, 2.75) is 38.0 Å². The highest BCUT2D eigenvalue weighted by molar-refractivity contribution is 7.99. The molecule has 1 atom stereocenters. The second kappa shape index (κ2) is 8.91. The number of aromatic nitrogens is 2. The minimum Gasteiger partial charge on any atom is -0.351 e. The number of benzene rings is 1. The summed E-state index contributed by atoms with van der Waals surface area (Å²) in [7, 11) is 0. The second-order valence-corrected chi connectivity index (χ2v) is 8.38. The SMILES string of the molecule is CC[C@H](C)n1c(SCC(=O)NCc2ccccc2Cl)nc2ccsc2c1=O. The highest BCUT2D eigenvalue weighted by atomic mass is 35.5. The molecule has 2 heterocycles. The Kier molecular flexibility index (Phi) is 6.57. The molecule has 27 heavy (non-hydrogen) atoms. The minimum atomic E-state index is -0.129. The van der Waals surface area contributed by atoms with Crippen LogP contribution in [-0.4, -0.2) is 21.2 Å². The summed E-state index contributed by atoms with van der Waals surface area (Å²) in [4.78, 5) is 29.7. The molecule has 0 aliphatic rings. The van der Waals surface area contributed by atoms with Crippen molar-refractivity contribution in [3.63, 3.8) is 0 Å². The number of thioether (sulfide) groups is 1. The lowest BCUT2D eigenvalue weighted by atomic mass is 10.2. The highest BCUT2D eigenvalue weighted by Gasteiger charge is 2.17. The van der Waals surface area contributed by atoms with E-state index in [2.05, 4.69) is 10.3 Å². The first-order chi connectivity index (χ1) is 13.0. The number of hydrogen-bond donors (Lipinski definition) is 1. The van der Waals surface area contributed by atoms with Gasteiger partial charge in [0.2, 0.25) is 5.91 Å². The number of nitrogens with zero attached hydrogens (tertiary/aromatic N) is 2. The molecule has 2 aromatic heterocycles. The zero-order chi connectivity index (χ0) is 19.4. The average Bonchev–Trinajstić information content (AvgIpc) is 3.14. The molecule has 1 N–H and O–H groups in total. The Morgan fingerprint density at radius 3 is 2.89 bits per heavy atom. The zero-order valence-corrected chi connectivity index (χ0v) is 17.5. The summed E-state index contributed by atoms with van der Waals surface area (Å²) >= 11 is 8.79. The molecule has 8 heteroatoms. The predicted octanol–water partition coefficient (Wildman–Crippen LogP) is 4.49. The van der Waals surface area contributed by atoms with Crippen LogP contribution in [0.5, 0.6) is 0 Å². The molecule has 0 bridgehead atoms. The Balaban J connectivity index is 1.73. The Morgan fingerprint density at radius 2 is 2.15 bits per heavy atom. The summed E-state index contributed by atoms with van der Waals surface area (Å²) in [5, 5.41) is 5.93. The average molecular weight is 422 g/mol. The van der Waals surface area contributed by atoms with Crippen molar-refractivity contribution in [2.75, 3.05) is 5.75 Å². The van der Waals surface area contributed by atoms with Gasteiger partial charge < -0.3 is 5.32 Å². The van der Waals surface area contributed by atoms with Gasteiger partial charge >= 0.3 is 0 Å². The molecule has 0 radical (unpaired) electrons. The number of nitrogens with one attached hydrogen (secondary N) is 1. The van der Waals surface area contributed by atoms with Crippen molar-refractivity contribution in [1.29, 1.82) is 0 Å². The first-order valence-corrected chi connectivity index (χ1v) is 10.9. The van der Waals surface area contributed by atoms with E-state index in [1.807, 2.05) is 43.5 Å². The smallest absolute Gasteiger partial charge is 0.272 e. The first-order valence-electron chi connectivity index (χ1n) is 8.64. The fraction of sp³-hybridized carbons (Fsp3) is 0.316. The van der Waals surface area contributed by atoms with E-state index in [1.54, 1.807) is 10.6 Å². The molecule has 0 aliphatic heterocycles. The van der Waals surface area contributed by atoms with E-state index >= 15 is 0 Å². The fourth-order valence-corrected chi connectivity index (χ4v) is 4.49. The summed E-state index contributed by atoms with van der Waals surface area (Å²) < 4.78 is 2.35. The van der Waals surface area contributed by atoms with Crippen LogP contribution >= 0.6 is 34.7 Å². The van der Waals surface area contributed by atoms with Gasteiger partial charge in [-0.15, -0.1) is 11.3 Å². The van der Waals surface area contributed by atoms with Gasteiger partial charge in [0, 0.05) is 17.6 Å². The van der Waals surface area contributed by atoms with Crippen LogP contribution in [0.2, 0.25) is 5.02 Å². The van der Waals surface area contributed by atoms with E-state index in [0.717, 1.165) is 12.0 Å². The lowest BCUT2D eigenvalue weighted by Gasteiger charge is -2.17. The molecule has 0 aliphatic carbocycles. The molecule has 0 fully saturated rings. The topological polar surface area (TPSA) is 64.0 Å². The number of fused-ring (bicyclic) bond motifs is 1. The molecule has 3 rings (SSSR count). The summed E-state index contributed by atoms with van der Waals surface area (Å²) in [6, 6.07) is 9.26. The molecule has 0 saturated carbocycles. The van der Waals surface area contributed by atoms with Crippen LogP contribution < -0.4 is 10.9 Å². The van der Waals surface area contributed by atoms with Gasteiger partial charge in [0.25, 0.3) is 5.56 Å². The second-order valence-electron chi connectivity index (χ2n) is 6.12. The van der Waals surface area contributed by atoms with Crippen LogP contribution in [-0.2, 0) is 11.3 Å². The van der Waals surface area contributed by atoms with Crippen molar-refractivity contribution in [3.05, 3.63) is 56.7 Å². The lowest BCUT2D eigenvalue weighted by Crippen LogP contribution is -2.27. The van der Waals surface area contributed by atoms with Gasteiger partial charge in [-0.3, -0.25) is 14.2 Å². The number of rotatable bonds is 7. The molecule has 1 amide bonds. The van der Waals surface area contributed by atoms with Gasteiger partial charge in [-0.25, -0.2) is 4.98 Å². The number of carbonyl (C=O) groups is 1. The molecule has 142 valence electrons. The van der Waals surface area contributed by atoms with Gasteiger partial charge in [-0.2, -0.15) is 0 Å². The van der Waals surface area contributed by atoms with Crippen LogP contribution in [0.15, 0.2) is 45.7 Å². The molecule has 0 saturated heterocycles. The Hall–Kier alpha value is -1.83. The predicted molar refractivity (Wildman–Crippen MR) is 113 cm³/mol. The van der Waals surface area contributed by atoms with Crippen molar-refractivity contribution in [1.82, 2.24) is 14.9 Å². The molecule has 3 aromatic rings. The first kappa shape index (κ1) is 19.9. The van der Waals surface area contributed by atoms with E-state index in [4.69, 9.17) is 11.6 Å². The largest absolute Gasteiger partial charge is 0.351 e. The van der Waals surface area contributed by atoms with Crippen LogP contribution in [0, 0.1) is 0 Å². The van der Waals surface area contributed by atoms with Crippen LogP contribution in [0.4, 0.5) is 0 Å². The van der Waals surface area contributed by atoms with E-state index in [1.165, 1.54) is 23.1 Å². The molecular weight excluding hydrogens is 402 g/mol. The molecule has 0 spiro atoms. The molecule has 5 nitrogen and oxygen atoms in total. The molecule has 1 aromatic carbocycles. The lowest BCUT2D eigenvalue weighted by molar-refractivity contribution is -0.118. The summed E-state index contributed by atoms with van der Waals surface area (Å²) in [6.07, 6.45) is 0.810. The number of halogens is 1. The van der Waals surface area contributed by atoms with Crippen molar-refractivity contribution < 1.29 is 4.79 Å². The zero-order valence-electron chi connectivity index (χ0n) is 15.1. The number of hydrogen-bond acceptors (Lipinski definition) is 5. The van der Waals surface area contributed by atoms with Crippen molar-refractivity contribution in [3.8, 4) is 0 Å². The van der Waals surface area contributed by atoms with Gasteiger partial charge in [-0.1, -0.05) is 48.5 Å². The molecular formula is C19H20ClN3O2S2. The fourth-order valence-electron chi connectivity index (χ4n) is 2.59. The normalized spacial score (nSPS) is 12.3. The Labute approximate surface area is 170 Å². The highest BCUT2D eigenvalue weighted by Crippen LogP contribution is 2.24.